The van der Waals surface area contributed by atoms with E-state index >= 15 is 0 Å². The first-order chi connectivity index (χ1) is 15.6. The first-order valence-corrected chi connectivity index (χ1v) is 10.5. The fourth-order valence-electron chi connectivity index (χ4n) is 3.44. The maximum absolute atomic E-state index is 12.7. The molecule has 0 aliphatic heterocycles. The molecule has 32 heavy (non-hydrogen) atoms. The molecule has 6 nitrogen and oxygen atoms in total. The predicted molar refractivity (Wildman–Crippen MR) is 127 cm³/mol. The molecule has 0 fully saturated rings. The zero-order valence-corrected chi connectivity index (χ0v) is 17.8. The molecule has 0 unspecified atom stereocenters. The van der Waals surface area contributed by atoms with Crippen LogP contribution in [0.5, 0.6) is 0 Å². The van der Waals surface area contributed by atoms with Gasteiger partial charge in [-0.15, -0.1) is 0 Å². The molecule has 0 aliphatic rings. The van der Waals surface area contributed by atoms with Gasteiger partial charge < -0.3 is 15.2 Å². The van der Waals surface area contributed by atoms with E-state index in [-0.39, 0.29) is 11.8 Å². The summed E-state index contributed by atoms with van der Waals surface area (Å²) < 4.78 is 0. The summed E-state index contributed by atoms with van der Waals surface area (Å²) in [6.07, 6.45) is 6.76. The highest BCUT2D eigenvalue weighted by Crippen LogP contribution is 2.22. The molecule has 2 amide bonds. The third kappa shape index (κ3) is 4.92. The van der Waals surface area contributed by atoms with Crippen LogP contribution >= 0.6 is 0 Å². The number of benzene rings is 2. The number of nitrogens with zero attached hydrogens (tertiary/aromatic N) is 2. The van der Waals surface area contributed by atoms with Gasteiger partial charge in [0.05, 0.1) is 11.9 Å². The number of aromatic nitrogens is 2. The van der Waals surface area contributed by atoms with E-state index in [0.717, 1.165) is 16.5 Å². The summed E-state index contributed by atoms with van der Waals surface area (Å²) in [5.41, 5.74) is 3.77. The van der Waals surface area contributed by atoms with Crippen molar-refractivity contribution in [2.24, 2.45) is 0 Å². The van der Waals surface area contributed by atoms with Gasteiger partial charge in [-0.25, -0.2) is 4.98 Å². The largest absolute Gasteiger partial charge is 0.346 e. The lowest BCUT2D eigenvalue weighted by Crippen LogP contribution is -2.28. The second-order valence-corrected chi connectivity index (χ2v) is 7.36. The van der Waals surface area contributed by atoms with Gasteiger partial charge in [-0.3, -0.25) is 9.59 Å². The molecule has 160 valence electrons. The number of likely N-dealkylation sites (N-methyl/N-ethyl adjacent to an activating group) is 1. The Morgan fingerprint density at radius 1 is 1.06 bits per heavy atom. The maximum Gasteiger partial charge on any atom is 0.255 e. The molecule has 0 saturated carbocycles. The van der Waals surface area contributed by atoms with E-state index in [4.69, 9.17) is 0 Å². The third-order valence-corrected chi connectivity index (χ3v) is 5.17. The van der Waals surface area contributed by atoms with Gasteiger partial charge >= 0.3 is 0 Å². The van der Waals surface area contributed by atoms with Gasteiger partial charge in [0.1, 0.15) is 5.65 Å². The Kier molecular flexibility index (Phi) is 6.41. The highest BCUT2D eigenvalue weighted by Gasteiger charge is 2.11. The Bertz CT molecular complexity index is 1250. The second-order valence-electron chi connectivity index (χ2n) is 7.36. The number of hydrogen-bond donors (Lipinski definition) is 2. The molecule has 2 heterocycles. The number of H-pyrrole nitrogens is 1. The number of aromatic amines is 1. The van der Waals surface area contributed by atoms with Crippen LogP contribution in [0.4, 0.5) is 5.69 Å². The molecule has 2 aromatic heterocycles. The topological polar surface area (TPSA) is 78.1 Å². The number of anilines is 1. The van der Waals surface area contributed by atoms with Gasteiger partial charge in [0.2, 0.25) is 5.91 Å². The summed E-state index contributed by atoms with van der Waals surface area (Å²) >= 11 is 0. The summed E-state index contributed by atoms with van der Waals surface area (Å²) in [5.74, 6) is -0.263. The summed E-state index contributed by atoms with van der Waals surface area (Å²) in [6, 6.07) is 20.8. The first kappa shape index (κ1) is 21.1. The van der Waals surface area contributed by atoms with Crippen LogP contribution in [0.3, 0.4) is 0 Å². The Morgan fingerprint density at radius 2 is 1.78 bits per heavy atom. The van der Waals surface area contributed by atoms with Crippen LogP contribution in [0, 0.1) is 0 Å². The summed E-state index contributed by atoms with van der Waals surface area (Å²) in [5, 5.41) is 3.70. The fraction of sp³-hybridized carbons (Fsp3) is 0.115. The van der Waals surface area contributed by atoms with Crippen molar-refractivity contribution in [1.29, 1.82) is 0 Å². The van der Waals surface area contributed by atoms with E-state index in [9.17, 15) is 9.59 Å². The highest BCUT2D eigenvalue weighted by molar-refractivity contribution is 6.05. The van der Waals surface area contributed by atoms with E-state index in [1.807, 2.05) is 61.5 Å². The molecule has 2 N–H and O–H groups in total. The summed E-state index contributed by atoms with van der Waals surface area (Å²) in [6.45, 7) is 3.14. The number of nitrogens with one attached hydrogen (secondary N) is 2. The lowest BCUT2D eigenvalue weighted by Gasteiger charge is -2.19. The Hall–Kier alpha value is -4.19. The highest BCUT2D eigenvalue weighted by atomic mass is 16.2. The van der Waals surface area contributed by atoms with Crippen LogP contribution in [0.1, 0.15) is 28.4 Å². The number of pyridine rings is 1. The molecule has 0 bridgehead atoms. The molecular formula is C26H24N4O2. The van der Waals surface area contributed by atoms with E-state index < -0.39 is 0 Å². The number of amides is 2. The number of fused-ring (bicyclic) bond motifs is 1. The average Bonchev–Trinajstić information content (AvgIpc) is 3.24. The SMILES string of the molecule is CCN(Cc1ccccc1)C(=O)/C=C/c1c[nH]c2ncc(NC(=O)c3ccccc3)cc12. The van der Waals surface area contributed by atoms with Crippen molar-refractivity contribution in [2.45, 2.75) is 13.5 Å². The van der Waals surface area contributed by atoms with Gasteiger partial charge in [0, 0.05) is 41.9 Å². The van der Waals surface area contributed by atoms with E-state index in [0.29, 0.717) is 30.0 Å². The zero-order valence-electron chi connectivity index (χ0n) is 17.8. The minimum absolute atomic E-state index is 0.0628. The molecule has 4 rings (SSSR count). The fourth-order valence-corrected chi connectivity index (χ4v) is 3.44. The molecular weight excluding hydrogens is 400 g/mol. The van der Waals surface area contributed by atoms with Gasteiger partial charge in [0.25, 0.3) is 5.91 Å². The van der Waals surface area contributed by atoms with Crippen LogP contribution in [0.25, 0.3) is 17.1 Å². The van der Waals surface area contributed by atoms with E-state index in [1.54, 1.807) is 41.6 Å². The van der Waals surface area contributed by atoms with Gasteiger partial charge in [-0.2, -0.15) is 0 Å². The standard InChI is InChI=1S/C26H24N4O2/c1-2-30(18-19-9-5-3-6-10-19)24(31)14-13-21-16-27-25-23(21)15-22(17-28-25)29-26(32)20-11-7-4-8-12-20/h3-17H,2,18H2,1H3,(H,27,28)(H,29,32)/b14-13+. The van der Waals surface area contributed by atoms with Crippen molar-refractivity contribution >= 4 is 34.6 Å². The number of carbonyl (C=O) groups is 2. The quantitative estimate of drug-likeness (QED) is 0.415. The van der Waals surface area contributed by atoms with E-state index in [2.05, 4.69) is 15.3 Å². The predicted octanol–water partition coefficient (Wildman–Crippen LogP) is 4.88. The van der Waals surface area contributed by atoms with Gasteiger partial charge in [-0.1, -0.05) is 48.5 Å². The van der Waals surface area contributed by atoms with Gasteiger partial charge in [0.15, 0.2) is 0 Å². The summed E-state index contributed by atoms with van der Waals surface area (Å²) in [4.78, 5) is 34.4. The number of hydrogen-bond acceptors (Lipinski definition) is 3. The van der Waals surface area contributed by atoms with Crippen molar-refractivity contribution in [2.75, 3.05) is 11.9 Å². The average molecular weight is 425 g/mol. The number of rotatable bonds is 7. The summed E-state index contributed by atoms with van der Waals surface area (Å²) in [7, 11) is 0. The van der Waals surface area contributed by atoms with Gasteiger partial charge in [-0.05, 0) is 36.8 Å². The molecule has 4 aromatic rings. The van der Waals surface area contributed by atoms with Crippen LogP contribution in [-0.4, -0.2) is 33.2 Å². The minimum Gasteiger partial charge on any atom is -0.346 e. The number of carbonyl (C=O) groups excluding carboxylic acids is 2. The lowest BCUT2D eigenvalue weighted by molar-refractivity contribution is -0.126. The molecule has 0 atom stereocenters. The van der Waals surface area contributed by atoms with Crippen LogP contribution in [0.15, 0.2) is 85.2 Å². The second kappa shape index (κ2) is 9.75. The molecule has 0 aliphatic carbocycles. The smallest absolute Gasteiger partial charge is 0.255 e. The van der Waals surface area contributed by atoms with Crippen LogP contribution in [-0.2, 0) is 11.3 Å². The first-order valence-electron chi connectivity index (χ1n) is 10.5. The van der Waals surface area contributed by atoms with E-state index in [1.165, 1.54) is 0 Å². The van der Waals surface area contributed by atoms with Crippen molar-refractivity contribution in [3.63, 3.8) is 0 Å². The molecule has 6 heteroatoms. The third-order valence-electron chi connectivity index (χ3n) is 5.17. The van der Waals surface area contributed by atoms with Crippen LogP contribution < -0.4 is 5.32 Å². The lowest BCUT2D eigenvalue weighted by atomic mass is 10.1. The minimum atomic E-state index is -0.200. The molecule has 0 spiro atoms. The van der Waals surface area contributed by atoms with Crippen molar-refractivity contribution in [1.82, 2.24) is 14.9 Å². The Morgan fingerprint density at radius 3 is 2.50 bits per heavy atom. The maximum atomic E-state index is 12.7. The molecule has 0 saturated heterocycles. The van der Waals surface area contributed by atoms with Crippen molar-refractivity contribution < 1.29 is 9.59 Å². The van der Waals surface area contributed by atoms with Crippen molar-refractivity contribution in [3.8, 4) is 0 Å². The van der Waals surface area contributed by atoms with Crippen molar-refractivity contribution in [3.05, 3.63) is 102 Å². The molecule has 0 radical (unpaired) electrons. The Balaban J connectivity index is 1.50. The monoisotopic (exact) mass is 424 g/mol. The normalized spacial score (nSPS) is 11.0. The molecule has 2 aromatic carbocycles. The van der Waals surface area contributed by atoms with Crippen LogP contribution in [0.2, 0.25) is 0 Å². The Labute approximate surface area is 186 Å². The zero-order chi connectivity index (χ0) is 22.3.